The van der Waals surface area contributed by atoms with Gasteiger partial charge >= 0.3 is 0 Å². The number of halogens is 2. The van der Waals surface area contributed by atoms with Crippen LogP contribution in [0.15, 0.2) is 28.9 Å². The average molecular weight is 313 g/mol. The lowest BCUT2D eigenvalue weighted by atomic mass is 10.3. The summed E-state index contributed by atoms with van der Waals surface area (Å²) < 4.78 is 19.5. The van der Waals surface area contributed by atoms with Gasteiger partial charge in [-0.25, -0.2) is 9.37 Å². The number of hydrogen-bond acceptors (Lipinski definition) is 5. The van der Waals surface area contributed by atoms with Crippen molar-refractivity contribution in [3.8, 4) is 5.75 Å². The minimum absolute atomic E-state index is 0.00102. The molecule has 0 atom stereocenters. The maximum Gasteiger partial charge on any atom is 0.222 e. The van der Waals surface area contributed by atoms with Crippen LogP contribution in [-0.2, 0) is 0 Å². The Morgan fingerprint density at radius 1 is 1.44 bits per heavy atom. The number of nitrogens with two attached hydrogens (primary N) is 1. The van der Waals surface area contributed by atoms with E-state index >= 15 is 0 Å². The minimum atomic E-state index is -0.591. The van der Waals surface area contributed by atoms with Gasteiger partial charge in [0.1, 0.15) is 5.75 Å². The zero-order valence-corrected chi connectivity index (χ0v) is 11.0. The van der Waals surface area contributed by atoms with E-state index in [0.717, 1.165) is 10.7 Å². The van der Waals surface area contributed by atoms with Crippen LogP contribution in [0.1, 0.15) is 0 Å². The normalized spacial score (nSPS) is 10.2. The van der Waals surface area contributed by atoms with Gasteiger partial charge in [0.25, 0.3) is 0 Å². The van der Waals surface area contributed by atoms with Crippen LogP contribution >= 0.6 is 15.9 Å². The van der Waals surface area contributed by atoms with Gasteiger partial charge in [0.05, 0.1) is 19.0 Å². The highest BCUT2D eigenvalue weighted by Gasteiger charge is 2.09. The van der Waals surface area contributed by atoms with Gasteiger partial charge in [-0.3, -0.25) is 0 Å². The summed E-state index contributed by atoms with van der Waals surface area (Å²) in [6, 6.07) is 5.31. The third kappa shape index (κ3) is 2.67. The number of nitrogens with one attached hydrogen (secondary N) is 1. The molecule has 1 heterocycles. The van der Waals surface area contributed by atoms with E-state index in [2.05, 4.69) is 31.2 Å². The van der Waals surface area contributed by atoms with Gasteiger partial charge in [-0.2, -0.15) is 4.98 Å². The van der Waals surface area contributed by atoms with E-state index in [0.29, 0.717) is 11.4 Å². The Hall–Kier alpha value is -1.89. The first kappa shape index (κ1) is 12.6. The highest BCUT2D eigenvalue weighted by atomic mass is 79.9. The standard InChI is InChI=1S/C11H10BrFN4O/c1-18-9-3-2-6(12)4-8(9)16-10-7(13)5-15-11(14)17-10/h2-5H,1H3,(H3,14,15,16,17). The summed E-state index contributed by atoms with van der Waals surface area (Å²) in [6.07, 6.45) is 1.01. The molecule has 94 valence electrons. The van der Waals surface area contributed by atoms with Crippen molar-refractivity contribution in [1.82, 2.24) is 9.97 Å². The number of nitrogens with zero attached hydrogens (tertiary/aromatic N) is 2. The van der Waals surface area contributed by atoms with Crippen LogP contribution < -0.4 is 15.8 Å². The first-order valence-electron chi connectivity index (χ1n) is 4.98. The number of aromatic nitrogens is 2. The molecule has 1 aromatic carbocycles. The monoisotopic (exact) mass is 312 g/mol. The van der Waals surface area contributed by atoms with E-state index in [9.17, 15) is 4.39 Å². The molecule has 0 amide bonds. The predicted octanol–water partition coefficient (Wildman–Crippen LogP) is 2.71. The lowest BCUT2D eigenvalue weighted by Crippen LogP contribution is -2.03. The van der Waals surface area contributed by atoms with Crippen LogP contribution in [0.25, 0.3) is 0 Å². The highest BCUT2D eigenvalue weighted by molar-refractivity contribution is 9.10. The van der Waals surface area contributed by atoms with Gasteiger partial charge in [0, 0.05) is 4.47 Å². The molecule has 0 saturated heterocycles. The van der Waals surface area contributed by atoms with Gasteiger partial charge in [-0.1, -0.05) is 15.9 Å². The quantitative estimate of drug-likeness (QED) is 0.911. The Labute approximate surface area is 111 Å². The van der Waals surface area contributed by atoms with Gasteiger partial charge in [0.15, 0.2) is 11.6 Å². The molecule has 5 nitrogen and oxygen atoms in total. The van der Waals surface area contributed by atoms with Crippen LogP contribution in [0.5, 0.6) is 5.75 Å². The molecular formula is C11H10BrFN4O. The van der Waals surface area contributed by atoms with Crippen LogP contribution in [0, 0.1) is 5.82 Å². The molecule has 18 heavy (non-hydrogen) atoms. The molecule has 0 spiro atoms. The van der Waals surface area contributed by atoms with Crippen molar-refractivity contribution in [3.63, 3.8) is 0 Å². The van der Waals surface area contributed by atoms with Crippen molar-refractivity contribution in [2.75, 3.05) is 18.2 Å². The van der Waals surface area contributed by atoms with Crippen molar-refractivity contribution in [3.05, 3.63) is 34.7 Å². The molecule has 2 aromatic rings. The zero-order valence-electron chi connectivity index (χ0n) is 9.45. The number of benzene rings is 1. The molecule has 3 N–H and O–H groups in total. The van der Waals surface area contributed by atoms with Crippen molar-refractivity contribution in [2.45, 2.75) is 0 Å². The number of ether oxygens (including phenoxy) is 1. The number of nitrogen functional groups attached to an aromatic ring is 1. The van der Waals surface area contributed by atoms with Crippen molar-refractivity contribution >= 4 is 33.4 Å². The van der Waals surface area contributed by atoms with Gasteiger partial charge < -0.3 is 15.8 Å². The smallest absolute Gasteiger partial charge is 0.222 e. The lowest BCUT2D eigenvalue weighted by molar-refractivity contribution is 0.416. The first-order valence-corrected chi connectivity index (χ1v) is 5.78. The second-order valence-corrected chi connectivity index (χ2v) is 4.31. The fourth-order valence-corrected chi connectivity index (χ4v) is 1.73. The molecule has 0 aliphatic heterocycles. The summed E-state index contributed by atoms with van der Waals surface area (Å²) in [7, 11) is 1.53. The number of rotatable bonds is 3. The molecular weight excluding hydrogens is 303 g/mol. The molecule has 0 fully saturated rings. The Balaban J connectivity index is 2.38. The Kier molecular flexibility index (Phi) is 3.61. The third-order valence-electron chi connectivity index (χ3n) is 2.18. The molecule has 0 aliphatic carbocycles. The van der Waals surface area contributed by atoms with E-state index in [1.807, 2.05) is 6.07 Å². The van der Waals surface area contributed by atoms with E-state index < -0.39 is 5.82 Å². The van der Waals surface area contributed by atoms with Crippen molar-refractivity contribution in [2.24, 2.45) is 0 Å². The maximum absolute atomic E-state index is 13.5. The largest absolute Gasteiger partial charge is 0.495 e. The van der Waals surface area contributed by atoms with Crippen LogP contribution in [0.2, 0.25) is 0 Å². The summed E-state index contributed by atoms with van der Waals surface area (Å²) in [5.41, 5.74) is 5.99. The molecule has 0 saturated carbocycles. The SMILES string of the molecule is COc1ccc(Br)cc1Nc1nc(N)ncc1F. The zero-order chi connectivity index (χ0) is 13.1. The summed E-state index contributed by atoms with van der Waals surface area (Å²) >= 11 is 3.33. The fourth-order valence-electron chi connectivity index (χ4n) is 1.37. The summed E-state index contributed by atoms with van der Waals surface area (Å²) in [4.78, 5) is 7.34. The summed E-state index contributed by atoms with van der Waals surface area (Å²) in [5.74, 6) is -0.0345. The van der Waals surface area contributed by atoms with Gasteiger partial charge in [-0.05, 0) is 18.2 Å². The van der Waals surface area contributed by atoms with Gasteiger partial charge in [0.2, 0.25) is 5.95 Å². The number of methoxy groups -OCH3 is 1. The summed E-state index contributed by atoms with van der Waals surface area (Å²) in [5, 5.41) is 2.81. The Morgan fingerprint density at radius 2 is 2.22 bits per heavy atom. The predicted molar refractivity (Wildman–Crippen MR) is 70.4 cm³/mol. The van der Waals surface area contributed by atoms with E-state index in [1.54, 1.807) is 12.1 Å². The second kappa shape index (κ2) is 5.18. The third-order valence-corrected chi connectivity index (χ3v) is 2.67. The fraction of sp³-hybridized carbons (Fsp3) is 0.0909. The molecule has 0 aliphatic rings. The molecule has 7 heteroatoms. The second-order valence-electron chi connectivity index (χ2n) is 3.39. The van der Waals surface area contributed by atoms with E-state index in [1.165, 1.54) is 7.11 Å². The molecule has 1 aromatic heterocycles. The summed E-state index contributed by atoms with van der Waals surface area (Å²) in [6.45, 7) is 0. The molecule has 0 unspecified atom stereocenters. The number of hydrogen-bond donors (Lipinski definition) is 2. The van der Waals surface area contributed by atoms with Crippen molar-refractivity contribution in [1.29, 1.82) is 0 Å². The topological polar surface area (TPSA) is 73.1 Å². The highest BCUT2D eigenvalue weighted by Crippen LogP contribution is 2.30. The van der Waals surface area contributed by atoms with Crippen LogP contribution in [0.3, 0.4) is 0 Å². The molecule has 0 bridgehead atoms. The molecule has 2 rings (SSSR count). The molecule has 0 radical (unpaired) electrons. The minimum Gasteiger partial charge on any atom is -0.495 e. The Morgan fingerprint density at radius 3 is 2.94 bits per heavy atom. The maximum atomic E-state index is 13.5. The van der Waals surface area contributed by atoms with Crippen LogP contribution in [0.4, 0.5) is 21.8 Å². The average Bonchev–Trinajstić information content (AvgIpc) is 2.34. The Bertz CT molecular complexity index is 579. The van der Waals surface area contributed by atoms with Crippen LogP contribution in [-0.4, -0.2) is 17.1 Å². The van der Waals surface area contributed by atoms with E-state index in [4.69, 9.17) is 10.5 Å². The number of anilines is 3. The van der Waals surface area contributed by atoms with Crippen molar-refractivity contribution < 1.29 is 9.13 Å². The van der Waals surface area contributed by atoms with Gasteiger partial charge in [-0.15, -0.1) is 0 Å². The first-order chi connectivity index (χ1) is 8.60. The lowest BCUT2D eigenvalue weighted by Gasteiger charge is -2.11. The van der Waals surface area contributed by atoms with E-state index in [-0.39, 0.29) is 11.8 Å².